The van der Waals surface area contributed by atoms with Gasteiger partial charge in [-0.1, -0.05) is 30.4 Å². The van der Waals surface area contributed by atoms with Crippen molar-refractivity contribution < 1.29 is 9.53 Å². The number of benzene rings is 1. The van der Waals surface area contributed by atoms with Crippen molar-refractivity contribution >= 4 is 28.2 Å². The number of nitrogens with zero attached hydrogens (tertiary/aromatic N) is 3. The van der Waals surface area contributed by atoms with Gasteiger partial charge in [-0.05, 0) is 43.2 Å². The van der Waals surface area contributed by atoms with Gasteiger partial charge in [0.2, 0.25) is 5.13 Å². The third-order valence-corrected chi connectivity index (χ3v) is 4.47. The smallest absolute Gasteiger partial charge is 0.259 e. The van der Waals surface area contributed by atoms with Crippen molar-refractivity contribution in [1.29, 1.82) is 0 Å². The van der Waals surface area contributed by atoms with Gasteiger partial charge in [0.1, 0.15) is 23.2 Å². The normalized spacial score (nSPS) is 11.6. The van der Waals surface area contributed by atoms with Crippen LogP contribution in [0.1, 0.15) is 29.3 Å². The summed E-state index contributed by atoms with van der Waals surface area (Å²) in [4.78, 5) is 16.4. The molecule has 1 amide bonds. The minimum absolute atomic E-state index is 0.0222. The molecule has 3 aromatic rings. The van der Waals surface area contributed by atoms with Crippen LogP contribution in [0.4, 0.5) is 10.9 Å². The zero-order valence-corrected chi connectivity index (χ0v) is 16.0. The van der Waals surface area contributed by atoms with Crippen molar-refractivity contribution in [3.8, 4) is 5.75 Å². The van der Waals surface area contributed by atoms with E-state index in [4.69, 9.17) is 4.74 Å². The maximum Gasteiger partial charge on any atom is 0.259 e. The molecule has 2 heterocycles. The van der Waals surface area contributed by atoms with E-state index in [0.29, 0.717) is 23.1 Å². The molecule has 3 rings (SSSR count). The van der Waals surface area contributed by atoms with E-state index in [0.717, 1.165) is 12.2 Å². The molecule has 2 N–H and O–H groups in total. The number of amides is 1. The number of carbonyl (C=O) groups is 1. The second-order valence-corrected chi connectivity index (χ2v) is 6.81. The fourth-order valence-electron chi connectivity index (χ4n) is 2.40. The highest BCUT2D eigenvalue weighted by Gasteiger charge is 2.11. The number of aromatic nitrogens is 3. The number of carbonyl (C=O) groups excluding carboxylic acids is 1. The SMILES string of the molecule is CCC(CNc1ccc(C(=O)Nc2nncs2)cn1)Oc1cccc(C)c1. The van der Waals surface area contributed by atoms with Crippen LogP contribution in [0.15, 0.2) is 48.1 Å². The van der Waals surface area contributed by atoms with Gasteiger partial charge < -0.3 is 10.1 Å². The Morgan fingerprint density at radius 3 is 2.85 bits per heavy atom. The number of hydrogen-bond acceptors (Lipinski definition) is 7. The van der Waals surface area contributed by atoms with E-state index < -0.39 is 0 Å². The fraction of sp³-hybridized carbons (Fsp3) is 0.263. The highest BCUT2D eigenvalue weighted by atomic mass is 32.1. The Kier molecular flexibility index (Phi) is 6.32. The lowest BCUT2D eigenvalue weighted by molar-refractivity contribution is 0.102. The van der Waals surface area contributed by atoms with Crippen LogP contribution < -0.4 is 15.4 Å². The van der Waals surface area contributed by atoms with E-state index >= 15 is 0 Å². The highest BCUT2D eigenvalue weighted by Crippen LogP contribution is 2.16. The van der Waals surface area contributed by atoms with E-state index in [1.807, 2.05) is 31.2 Å². The van der Waals surface area contributed by atoms with Crippen molar-refractivity contribution in [3.05, 3.63) is 59.2 Å². The van der Waals surface area contributed by atoms with Crippen LogP contribution in [0.5, 0.6) is 5.75 Å². The van der Waals surface area contributed by atoms with Crippen molar-refractivity contribution in [2.45, 2.75) is 26.4 Å². The Labute approximate surface area is 161 Å². The standard InChI is InChI=1S/C19H21N5O2S/c1-3-15(26-16-6-4-5-13(2)9-16)11-21-17-8-7-14(10-20-17)18(25)23-19-24-22-12-27-19/h4-10,12,15H,3,11H2,1-2H3,(H,20,21)(H,23,24,25). The zero-order chi connectivity index (χ0) is 19.1. The van der Waals surface area contributed by atoms with Crippen LogP contribution in [0, 0.1) is 6.92 Å². The lowest BCUT2D eigenvalue weighted by atomic mass is 10.2. The summed E-state index contributed by atoms with van der Waals surface area (Å²) in [5.41, 5.74) is 3.18. The molecule has 8 heteroatoms. The number of ether oxygens (including phenoxy) is 1. The molecule has 0 radical (unpaired) electrons. The van der Waals surface area contributed by atoms with Gasteiger partial charge in [0, 0.05) is 6.20 Å². The molecule has 27 heavy (non-hydrogen) atoms. The molecule has 0 saturated carbocycles. The molecule has 140 valence electrons. The minimum Gasteiger partial charge on any atom is -0.489 e. The van der Waals surface area contributed by atoms with Crippen molar-refractivity contribution in [1.82, 2.24) is 15.2 Å². The first-order valence-electron chi connectivity index (χ1n) is 8.65. The van der Waals surface area contributed by atoms with Crippen LogP contribution in [0.25, 0.3) is 0 Å². The molecule has 7 nitrogen and oxygen atoms in total. The van der Waals surface area contributed by atoms with Crippen molar-refractivity contribution in [2.75, 3.05) is 17.2 Å². The Hall–Kier alpha value is -3.00. The second-order valence-electron chi connectivity index (χ2n) is 5.98. The molecule has 0 aliphatic heterocycles. The van der Waals surface area contributed by atoms with Crippen LogP contribution in [-0.2, 0) is 0 Å². The Morgan fingerprint density at radius 2 is 2.19 bits per heavy atom. The molecule has 2 aromatic heterocycles. The molecule has 1 atom stereocenters. The number of aryl methyl sites for hydroxylation is 1. The van der Waals surface area contributed by atoms with Gasteiger partial charge >= 0.3 is 0 Å². The monoisotopic (exact) mass is 383 g/mol. The summed E-state index contributed by atoms with van der Waals surface area (Å²) >= 11 is 1.26. The first-order valence-corrected chi connectivity index (χ1v) is 9.52. The Morgan fingerprint density at radius 1 is 1.30 bits per heavy atom. The minimum atomic E-state index is -0.264. The average molecular weight is 383 g/mol. The summed E-state index contributed by atoms with van der Waals surface area (Å²) in [5.74, 6) is 1.29. The Bertz CT molecular complexity index is 868. The van der Waals surface area contributed by atoms with Crippen LogP contribution in [0.2, 0.25) is 0 Å². The van der Waals surface area contributed by atoms with Gasteiger partial charge in [0.25, 0.3) is 5.91 Å². The maximum absolute atomic E-state index is 12.1. The van der Waals surface area contributed by atoms with Gasteiger partial charge in [-0.3, -0.25) is 10.1 Å². The Balaban J connectivity index is 1.53. The number of hydrogen-bond donors (Lipinski definition) is 2. The topological polar surface area (TPSA) is 89.0 Å². The third-order valence-electron chi connectivity index (χ3n) is 3.86. The van der Waals surface area contributed by atoms with Gasteiger partial charge in [-0.2, -0.15) is 0 Å². The quantitative estimate of drug-likeness (QED) is 0.616. The lowest BCUT2D eigenvalue weighted by Crippen LogP contribution is -2.25. The molecule has 0 spiro atoms. The summed E-state index contributed by atoms with van der Waals surface area (Å²) in [6.45, 7) is 4.74. The molecule has 1 aromatic carbocycles. The van der Waals surface area contributed by atoms with E-state index in [1.165, 1.54) is 23.1 Å². The van der Waals surface area contributed by atoms with E-state index in [-0.39, 0.29) is 12.0 Å². The molecule has 0 bridgehead atoms. The molecule has 0 saturated heterocycles. The second kappa shape index (κ2) is 9.09. The predicted molar refractivity (Wildman–Crippen MR) is 106 cm³/mol. The van der Waals surface area contributed by atoms with Crippen LogP contribution >= 0.6 is 11.3 Å². The third kappa shape index (κ3) is 5.49. The summed E-state index contributed by atoms with van der Waals surface area (Å²) in [6, 6.07) is 11.5. The zero-order valence-electron chi connectivity index (χ0n) is 15.2. The number of anilines is 2. The summed E-state index contributed by atoms with van der Waals surface area (Å²) < 4.78 is 6.02. The molecular formula is C19H21N5O2S. The highest BCUT2D eigenvalue weighted by molar-refractivity contribution is 7.13. The number of pyridine rings is 1. The number of nitrogens with one attached hydrogen (secondary N) is 2. The van der Waals surface area contributed by atoms with Crippen LogP contribution in [-0.4, -0.2) is 33.7 Å². The fourth-order valence-corrected chi connectivity index (χ4v) is 2.84. The average Bonchev–Trinajstić information content (AvgIpc) is 3.18. The van der Waals surface area contributed by atoms with Crippen LogP contribution in [0.3, 0.4) is 0 Å². The van der Waals surface area contributed by atoms with Gasteiger partial charge in [0.05, 0.1) is 12.1 Å². The van der Waals surface area contributed by atoms with E-state index in [1.54, 1.807) is 17.6 Å². The predicted octanol–water partition coefficient (Wildman–Crippen LogP) is 3.76. The molecule has 0 aliphatic rings. The summed E-state index contributed by atoms with van der Waals surface area (Å²) in [7, 11) is 0. The summed E-state index contributed by atoms with van der Waals surface area (Å²) in [5, 5.41) is 13.9. The maximum atomic E-state index is 12.1. The first kappa shape index (κ1) is 18.8. The van der Waals surface area contributed by atoms with Gasteiger partial charge in [0.15, 0.2) is 0 Å². The molecule has 1 unspecified atom stereocenters. The number of rotatable bonds is 8. The first-order chi connectivity index (χ1) is 13.1. The lowest BCUT2D eigenvalue weighted by Gasteiger charge is -2.19. The van der Waals surface area contributed by atoms with Crippen molar-refractivity contribution in [3.63, 3.8) is 0 Å². The van der Waals surface area contributed by atoms with E-state index in [9.17, 15) is 4.79 Å². The van der Waals surface area contributed by atoms with Crippen molar-refractivity contribution in [2.24, 2.45) is 0 Å². The molecule has 0 fully saturated rings. The van der Waals surface area contributed by atoms with Gasteiger partial charge in [-0.25, -0.2) is 4.98 Å². The molecular weight excluding hydrogens is 362 g/mol. The van der Waals surface area contributed by atoms with E-state index in [2.05, 4.69) is 32.7 Å². The molecule has 0 aliphatic carbocycles. The van der Waals surface area contributed by atoms with Gasteiger partial charge in [-0.15, -0.1) is 10.2 Å². The summed E-state index contributed by atoms with van der Waals surface area (Å²) in [6.07, 6.45) is 2.42. The largest absolute Gasteiger partial charge is 0.489 e.